The van der Waals surface area contributed by atoms with Crippen LogP contribution in [0, 0.1) is 11.8 Å². The van der Waals surface area contributed by atoms with Crippen molar-refractivity contribution in [3.63, 3.8) is 0 Å². The van der Waals surface area contributed by atoms with E-state index in [1.165, 1.54) is 13.2 Å². The van der Waals surface area contributed by atoms with Gasteiger partial charge in [-0.15, -0.1) is 0 Å². The fourth-order valence-electron chi connectivity index (χ4n) is 4.60. The summed E-state index contributed by atoms with van der Waals surface area (Å²) in [5, 5.41) is 13.4. The first-order chi connectivity index (χ1) is 17.4. The van der Waals surface area contributed by atoms with Gasteiger partial charge in [-0.05, 0) is 49.9 Å². The summed E-state index contributed by atoms with van der Waals surface area (Å²) in [6, 6.07) is 6.62. The highest BCUT2D eigenvalue weighted by Gasteiger charge is 2.30. The molecule has 3 aromatic rings. The van der Waals surface area contributed by atoms with Crippen molar-refractivity contribution in [1.82, 2.24) is 14.7 Å². The lowest BCUT2D eigenvalue weighted by Crippen LogP contribution is -2.42. The third-order valence-electron chi connectivity index (χ3n) is 6.76. The van der Waals surface area contributed by atoms with E-state index in [4.69, 9.17) is 14.2 Å². The summed E-state index contributed by atoms with van der Waals surface area (Å²) >= 11 is 0. The van der Waals surface area contributed by atoms with Crippen LogP contribution in [0.2, 0.25) is 0 Å². The number of aliphatic hydroxyl groups excluding tert-OH is 1. The number of carbonyl (C=O) groups is 1. The highest BCUT2D eigenvalue weighted by Crippen LogP contribution is 2.40. The van der Waals surface area contributed by atoms with Gasteiger partial charge in [0.25, 0.3) is 0 Å². The van der Waals surface area contributed by atoms with Crippen molar-refractivity contribution < 1.29 is 32.9 Å². The number of fused-ring (bicyclic) bond motifs is 1. The predicted octanol–water partition coefficient (Wildman–Crippen LogP) is 3.94. The van der Waals surface area contributed by atoms with E-state index in [9.17, 15) is 18.7 Å². The Kier molecular flexibility index (Phi) is 7.06. The molecule has 36 heavy (non-hydrogen) atoms. The molecule has 2 aliphatic rings. The third kappa shape index (κ3) is 5.29. The van der Waals surface area contributed by atoms with E-state index in [1.807, 2.05) is 0 Å². The number of hydrogen-bond acceptors (Lipinski definition) is 7. The number of nitrogens with one attached hydrogen (secondary N) is 1. The first-order valence-corrected chi connectivity index (χ1v) is 12.1. The summed E-state index contributed by atoms with van der Waals surface area (Å²) in [7, 11) is 1.40. The highest BCUT2D eigenvalue weighted by molar-refractivity contribution is 6.02. The number of Topliss-reactive ketones (excluding diaryl/α,β-unsaturated/α-hetero) is 1. The van der Waals surface area contributed by atoms with Crippen molar-refractivity contribution in [3.05, 3.63) is 42.2 Å². The molecule has 1 aromatic carbocycles. The molecule has 3 heterocycles. The van der Waals surface area contributed by atoms with Gasteiger partial charge in [0.2, 0.25) is 0 Å². The number of pyridine rings is 1. The Morgan fingerprint density at radius 1 is 1.25 bits per heavy atom. The summed E-state index contributed by atoms with van der Waals surface area (Å²) in [6.07, 6.45) is 5.89. The second kappa shape index (κ2) is 10.4. The number of rotatable bonds is 10. The van der Waals surface area contributed by atoms with Gasteiger partial charge >= 0.3 is 6.61 Å². The summed E-state index contributed by atoms with van der Waals surface area (Å²) in [4.78, 5) is 17.3. The maximum Gasteiger partial charge on any atom is 0.387 e. The van der Waals surface area contributed by atoms with Crippen molar-refractivity contribution in [3.8, 4) is 28.5 Å². The average molecular weight is 502 g/mol. The quantitative estimate of drug-likeness (QED) is 0.407. The number of imidazole rings is 1. The normalized spacial score (nSPS) is 20.0. The molecule has 2 atom stereocenters. The number of piperidine rings is 1. The number of ether oxygens (including phenoxy) is 3. The standard InChI is InChI=1S/C26H29F2N3O5/c1-34-22-9-16(10-23(36-26(27)28)25(22)21(33)8-15-2-3-15)19-13-30-24-11-18(5-7-31(19)24)35-14-17-12-29-6-4-20(17)32/h5,7,9-11,13,15,17,20,26,29,32H,2-4,6,8,12,14H2,1H3/t17-,20+/m1/s1. The fourth-order valence-corrected chi connectivity index (χ4v) is 4.60. The monoisotopic (exact) mass is 501 g/mol. The number of halogens is 2. The number of alkyl halides is 2. The van der Waals surface area contributed by atoms with Gasteiger partial charge in [-0.1, -0.05) is 0 Å². The minimum atomic E-state index is -3.09. The van der Waals surface area contributed by atoms with Crippen LogP contribution in [-0.4, -0.2) is 59.8 Å². The molecule has 8 nitrogen and oxygen atoms in total. The van der Waals surface area contributed by atoms with Crippen molar-refractivity contribution >= 4 is 11.4 Å². The zero-order valence-corrected chi connectivity index (χ0v) is 20.0. The topological polar surface area (TPSA) is 94.3 Å². The Morgan fingerprint density at radius 2 is 2.06 bits per heavy atom. The summed E-state index contributed by atoms with van der Waals surface area (Å²) in [5.41, 5.74) is 1.76. The second-order valence-electron chi connectivity index (χ2n) is 9.37. The Labute approximate surface area is 207 Å². The Bertz CT molecular complexity index is 1240. The Morgan fingerprint density at radius 3 is 2.78 bits per heavy atom. The molecule has 0 radical (unpaired) electrons. The van der Waals surface area contributed by atoms with Crippen LogP contribution in [-0.2, 0) is 0 Å². The van der Waals surface area contributed by atoms with E-state index in [0.29, 0.717) is 42.2 Å². The maximum absolute atomic E-state index is 13.3. The molecule has 1 saturated carbocycles. The van der Waals surface area contributed by atoms with Crippen molar-refractivity contribution in [2.75, 3.05) is 26.8 Å². The van der Waals surface area contributed by atoms with Gasteiger partial charge in [0, 0.05) is 36.7 Å². The average Bonchev–Trinajstić information content (AvgIpc) is 3.57. The van der Waals surface area contributed by atoms with Crippen LogP contribution < -0.4 is 19.5 Å². The SMILES string of the molecule is COc1cc(-c2cnc3cc(OC[C@H]4CNCC[C@@H]4O)ccn23)cc(OC(F)F)c1C(=O)CC1CC1. The van der Waals surface area contributed by atoms with E-state index >= 15 is 0 Å². The molecule has 1 aliphatic heterocycles. The number of aromatic nitrogens is 2. The number of carbonyl (C=O) groups excluding carboxylic acids is 1. The molecule has 1 saturated heterocycles. The van der Waals surface area contributed by atoms with Crippen molar-refractivity contribution in [2.45, 2.75) is 38.4 Å². The van der Waals surface area contributed by atoms with Crippen LogP contribution >= 0.6 is 0 Å². The third-order valence-corrected chi connectivity index (χ3v) is 6.76. The second-order valence-corrected chi connectivity index (χ2v) is 9.37. The van der Waals surface area contributed by atoms with Gasteiger partial charge in [0.15, 0.2) is 5.78 Å². The summed E-state index contributed by atoms with van der Waals surface area (Å²) in [5.74, 6) is 0.608. The first kappa shape index (κ1) is 24.5. The van der Waals surface area contributed by atoms with Crippen LogP contribution in [0.3, 0.4) is 0 Å². The number of nitrogens with zero attached hydrogens (tertiary/aromatic N) is 2. The zero-order chi connectivity index (χ0) is 25.2. The van der Waals surface area contributed by atoms with E-state index in [1.54, 1.807) is 35.0 Å². The minimum absolute atomic E-state index is 0.00661. The highest BCUT2D eigenvalue weighted by atomic mass is 19.3. The molecular formula is C26H29F2N3O5. The molecular weight excluding hydrogens is 472 g/mol. The molecule has 10 heteroatoms. The molecule has 2 fully saturated rings. The van der Waals surface area contributed by atoms with Gasteiger partial charge in [-0.25, -0.2) is 4.98 Å². The lowest BCUT2D eigenvalue weighted by Gasteiger charge is -2.28. The summed E-state index contributed by atoms with van der Waals surface area (Å²) in [6.45, 7) is -1.22. The van der Waals surface area contributed by atoms with Gasteiger partial charge in [0.1, 0.15) is 28.5 Å². The van der Waals surface area contributed by atoms with Crippen LogP contribution in [0.15, 0.2) is 36.7 Å². The summed E-state index contributed by atoms with van der Waals surface area (Å²) < 4.78 is 44.4. The number of aliphatic hydroxyl groups is 1. The van der Waals surface area contributed by atoms with E-state index in [-0.39, 0.29) is 41.1 Å². The van der Waals surface area contributed by atoms with Gasteiger partial charge < -0.3 is 24.6 Å². The van der Waals surface area contributed by atoms with Crippen LogP contribution in [0.1, 0.15) is 36.0 Å². The number of ketones is 1. The molecule has 0 amide bonds. The predicted molar refractivity (Wildman–Crippen MR) is 128 cm³/mol. The zero-order valence-electron chi connectivity index (χ0n) is 20.0. The molecule has 2 N–H and O–H groups in total. The van der Waals surface area contributed by atoms with Gasteiger partial charge in [0.05, 0.1) is 31.7 Å². The molecule has 5 rings (SSSR count). The van der Waals surface area contributed by atoms with Crippen LogP contribution in [0.4, 0.5) is 8.78 Å². The van der Waals surface area contributed by atoms with E-state index in [2.05, 4.69) is 10.3 Å². The van der Waals surface area contributed by atoms with Crippen LogP contribution in [0.25, 0.3) is 16.9 Å². The molecule has 0 unspecified atom stereocenters. The largest absolute Gasteiger partial charge is 0.496 e. The van der Waals surface area contributed by atoms with Gasteiger partial charge in [-0.2, -0.15) is 8.78 Å². The fraction of sp³-hybridized carbons (Fsp3) is 0.462. The minimum Gasteiger partial charge on any atom is -0.496 e. The van der Waals surface area contributed by atoms with Crippen molar-refractivity contribution in [2.24, 2.45) is 11.8 Å². The van der Waals surface area contributed by atoms with Crippen molar-refractivity contribution in [1.29, 1.82) is 0 Å². The lowest BCUT2D eigenvalue weighted by atomic mass is 9.97. The molecule has 192 valence electrons. The molecule has 0 spiro atoms. The van der Waals surface area contributed by atoms with Gasteiger partial charge in [-0.3, -0.25) is 9.20 Å². The number of methoxy groups -OCH3 is 1. The number of hydrogen-bond donors (Lipinski definition) is 2. The Balaban J connectivity index is 1.43. The van der Waals surface area contributed by atoms with E-state index < -0.39 is 12.7 Å². The number of benzene rings is 1. The maximum atomic E-state index is 13.3. The molecule has 1 aliphatic carbocycles. The van der Waals surface area contributed by atoms with E-state index in [0.717, 1.165) is 19.4 Å². The van der Waals surface area contributed by atoms with Crippen LogP contribution in [0.5, 0.6) is 17.2 Å². The lowest BCUT2D eigenvalue weighted by molar-refractivity contribution is -0.0502. The molecule has 2 aromatic heterocycles. The smallest absolute Gasteiger partial charge is 0.387 e. The molecule has 0 bridgehead atoms. The Hall–Kier alpha value is -3.24. The first-order valence-electron chi connectivity index (χ1n) is 12.1.